The molecule has 0 aliphatic carbocycles. The molecule has 1 unspecified atom stereocenters. The average Bonchev–Trinajstić information content (AvgIpc) is 2.79. The van der Waals surface area contributed by atoms with Crippen molar-refractivity contribution < 1.29 is 9.26 Å². The van der Waals surface area contributed by atoms with Crippen molar-refractivity contribution in [3.05, 3.63) is 41.5 Å². The van der Waals surface area contributed by atoms with Crippen LogP contribution in [0.5, 0.6) is 5.75 Å². The van der Waals surface area contributed by atoms with E-state index in [1.807, 2.05) is 31.2 Å². The predicted molar refractivity (Wildman–Crippen MR) is 62.7 cm³/mol. The van der Waals surface area contributed by atoms with Crippen LogP contribution in [0.2, 0.25) is 0 Å². The van der Waals surface area contributed by atoms with Gasteiger partial charge in [0.2, 0.25) is 5.89 Å². The van der Waals surface area contributed by atoms with Crippen molar-refractivity contribution in [3.8, 4) is 5.75 Å². The van der Waals surface area contributed by atoms with E-state index in [4.69, 9.17) is 15.0 Å². The largest absolute Gasteiger partial charge is 0.497 e. The molecule has 1 atom stereocenters. The van der Waals surface area contributed by atoms with E-state index in [2.05, 4.69) is 10.1 Å². The Kier molecular flexibility index (Phi) is 3.39. The first-order valence-corrected chi connectivity index (χ1v) is 5.40. The number of nitrogens with zero attached hydrogens (tertiary/aromatic N) is 2. The second-order valence-corrected chi connectivity index (χ2v) is 3.86. The fourth-order valence-electron chi connectivity index (χ4n) is 1.44. The van der Waals surface area contributed by atoms with Crippen molar-refractivity contribution in [2.75, 3.05) is 7.11 Å². The van der Waals surface area contributed by atoms with E-state index < -0.39 is 0 Å². The van der Waals surface area contributed by atoms with E-state index >= 15 is 0 Å². The van der Waals surface area contributed by atoms with Gasteiger partial charge in [0.05, 0.1) is 19.6 Å². The van der Waals surface area contributed by atoms with E-state index in [-0.39, 0.29) is 6.04 Å². The summed E-state index contributed by atoms with van der Waals surface area (Å²) < 4.78 is 10.2. The Morgan fingerprint density at radius 2 is 2.06 bits per heavy atom. The van der Waals surface area contributed by atoms with Gasteiger partial charge in [0.1, 0.15) is 5.75 Å². The Balaban J connectivity index is 2.08. The minimum absolute atomic E-state index is 0.205. The predicted octanol–water partition coefficient (Wildman–Crippen LogP) is 1.69. The third-order valence-electron chi connectivity index (χ3n) is 2.41. The molecule has 0 fully saturated rings. The highest BCUT2D eigenvalue weighted by molar-refractivity contribution is 5.28. The molecule has 1 aromatic carbocycles. The molecule has 0 amide bonds. The average molecular weight is 233 g/mol. The number of rotatable bonds is 4. The number of hydrogen-bond acceptors (Lipinski definition) is 5. The minimum atomic E-state index is -0.205. The zero-order chi connectivity index (χ0) is 12.3. The highest BCUT2D eigenvalue weighted by Crippen LogP contribution is 2.14. The molecular formula is C12H15N3O2. The first-order chi connectivity index (χ1) is 8.19. The number of hydrogen-bond donors (Lipinski definition) is 1. The van der Waals surface area contributed by atoms with Gasteiger partial charge in [0.25, 0.3) is 0 Å². The maximum Gasteiger partial charge on any atom is 0.231 e. The summed E-state index contributed by atoms with van der Waals surface area (Å²) in [5.41, 5.74) is 6.75. The Bertz CT molecular complexity index is 477. The van der Waals surface area contributed by atoms with Gasteiger partial charge in [-0.2, -0.15) is 4.98 Å². The quantitative estimate of drug-likeness (QED) is 0.869. The van der Waals surface area contributed by atoms with Crippen LogP contribution in [-0.4, -0.2) is 17.3 Å². The summed E-state index contributed by atoms with van der Waals surface area (Å²) in [6.07, 6.45) is 0.601. The van der Waals surface area contributed by atoms with Gasteiger partial charge in [0.15, 0.2) is 5.82 Å². The molecule has 2 N–H and O–H groups in total. The van der Waals surface area contributed by atoms with Crippen LogP contribution in [0, 0.1) is 0 Å². The fraction of sp³-hybridized carbons (Fsp3) is 0.333. The molecule has 17 heavy (non-hydrogen) atoms. The van der Waals surface area contributed by atoms with Gasteiger partial charge in [0, 0.05) is 0 Å². The number of aromatic nitrogens is 2. The summed E-state index contributed by atoms with van der Waals surface area (Å²) in [5, 5.41) is 3.81. The maximum atomic E-state index is 5.66. The van der Waals surface area contributed by atoms with Gasteiger partial charge < -0.3 is 15.0 Å². The van der Waals surface area contributed by atoms with Crippen molar-refractivity contribution in [1.29, 1.82) is 0 Å². The van der Waals surface area contributed by atoms with Crippen LogP contribution in [0.15, 0.2) is 28.8 Å². The van der Waals surface area contributed by atoms with Gasteiger partial charge in [-0.3, -0.25) is 0 Å². The lowest BCUT2D eigenvalue weighted by Gasteiger charge is -2.00. The van der Waals surface area contributed by atoms with Crippen molar-refractivity contribution in [2.45, 2.75) is 19.4 Å². The van der Waals surface area contributed by atoms with Gasteiger partial charge in [-0.05, 0) is 24.6 Å². The van der Waals surface area contributed by atoms with E-state index in [1.54, 1.807) is 7.11 Å². The summed E-state index contributed by atoms with van der Waals surface area (Å²) in [6, 6.07) is 7.53. The van der Waals surface area contributed by atoms with Crippen LogP contribution in [0.25, 0.3) is 0 Å². The van der Waals surface area contributed by atoms with Crippen molar-refractivity contribution in [3.63, 3.8) is 0 Å². The van der Waals surface area contributed by atoms with Crippen LogP contribution in [0.3, 0.4) is 0 Å². The third-order valence-corrected chi connectivity index (χ3v) is 2.41. The van der Waals surface area contributed by atoms with Crippen LogP contribution >= 0.6 is 0 Å². The molecule has 0 aliphatic heterocycles. The second kappa shape index (κ2) is 4.97. The van der Waals surface area contributed by atoms with Gasteiger partial charge >= 0.3 is 0 Å². The Hall–Kier alpha value is -1.88. The molecule has 5 heteroatoms. The van der Waals surface area contributed by atoms with E-state index in [9.17, 15) is 0 Å². The summed E-state index contributed by atoms with van der Waals surface area (Å²) in [7, 11) is 1.64. The molecule has 2 aromatic rings. The Labute approximate surface area is 99.6 Å². The van der Waals surface area contributed by atoms with Crippen molar-refractivity contribution >= 4 is 0 Å². The molecule has 0 bridgehead atoms. The monoisotopic (exact) mass is 233 g/mol. The molecule has 5 nitrogen and oxygen atoms in total. The molecule has 0 aliphatic rings. The molecule has 0 saturated heterocycles. The topological polar surface area (TPSA) is 74.2 Å². The first kappa shape index (κ1) is 11.6. The smallest absolute Gasteiger partial charge is 0.231 e. The zero-order valence-electron chi connectivity index (χ0n) is 9.88. The van der Waals surface area contributed by atoms with Gasteiger partial charge in [-0.25, -0.2) is 0 Å². The second-order valence-electron chi connectivity index (χ2n) is 3.86. The highest BCUT2D eigenvalue weighted by Gasteiger charge is 2.10. The molecule has 1 aromatic heterocycles. The van der Waals surface area contributed by atoms with Gasteiger partial charge in [-0.15, -0.1) is 0 Å². The molecule has 90 valence electrons. The first-order valence-electron chi connectivity index (χ1n) is 5.40. The van der Waals surface area contributed by atoms with Crippen molar-refractivity contribution in [1.82, 2.24) is 10.1 Å². The minimum Gasteiger partial charge on any atom is -0.497 e. The summed E-state index contributed by atoms with van der Waals surface area (Å²) >= 11 is 0. The van der Waals surface area contributed by atoms with Gasteiger partial charge in [-0.1, -0.05) is 17.3 Å². The number of methoxy groups -OCH3 is 1. The Morgan fingerprint density at radius 1 is 1.35 bits per heavy atom. The lowest BCUT2D eigenvalue weighted by atomic mass is 10.1. The summed E-state index contributed by atoms with van der Waals surface area (Å²) in [6.45, 7) is 1.82. The molecule has 2 rings (SSSR count). The molecule has 0 spiro atoms. The lowest BCUT2D eigenvalue weighted by molar-refractivity contribution is 0.376. The number of benzene rings is 1. The molecule has 0 radical (unpaired) electrons. The number of nitrogens with two attached hydrogens (primary N) is 1. The van der Waals surface area contributed by atoms with Crippen LogP contribution < -0.4 is 10.5 Å². The summed E-state index contributed by atoms with van der Waals surface area (Å²) in [5.74, 6) is 1.94. The van der Waals surface area contributed by atoms with Crippen LogP contribution in [0.4, 0.5) is 0 Å². The Morgan fingerprint density at radius 3 is 2.59 bits per heavy atom. The number of ether oxygens (including phenoxy) is 1. The third kappa shape index (κ3) is 2.82. The maximum absolute atomic E-state index is 5.66. The van der Waals surface area contributed by atoms with E-state index in [0.29, 0.717) is 18.1 Å². The summed E-state index contributed by atoms with van der Waals surface area (Å²) in [4.78, 5) is 4.21. The lowest BCUT2D eigenvalue weighted by Crippen LogP contribution is -2.06. The van der Waals surface area contributed by atoms with E-state index in [0.717, 1.165) is 11.3 Å². The van der Waals surface area contributed by atoms with Crippen LogP contribution in [-0.2, 0) is 6.42 Å². The normalized spacial score (nSPS) is 12.4. The molecular weight excluding hydrogens is 218 g/mol. The molecule has 1 heterocycles. The molecule has 0 saturated carbocycles. The highest BCUT2D eigenvalue weighted by atomic mass is 16.5. The zero-order valence-corrected chi connectivity index (χ0v) is 9.88. The van der Waals surface area contributed by atoms with E-state index in [1.165, 1.54) is 0 Å². The van der Waals surface area contributed by atoms with Crippen molar-refractivity contribution in [2.24, 2.45) is 5.73 Å². The SMILES string of the molecule is COc1ccc(Cc2nc(C(C)N)no2)cc1. The fourth-order valence-corrected chi connectivity index (χ4v) is 1.44. The van der Waals surface area contributed by atoms with Crippen LogP contribution in [0.1, 0.15) is 30.2 Å². The standard InChI is InChI=1S/C12H15N3O2/c1-8(13)12-14-11(17-15-12)7-9-3-5-10(16-2)6-4-9/h3-6,8H,7,13H2,1-2H3.